The third kappa shape index (κ3) is 3.30. The van der Waals surface area contributed by atoms with Crippen LogP contribution >= 0.6 is 12.2 Å². The highest BCUT2D eigenvalue weighted by molar-refractivity contribution is 7.80. The minimum Gasteiger partial charge on any atom is -0.389 e. The second-order valence-electron chi connectivity index (χ2n) is 5.69. The van der Waals surface area contributed by atoms with E-state index in [-0.39, 0.29) is 0 Å². The van der Waals surface area contributed by atoms with Crippen LogP contribution in [0.3, 0.4) is 0 Å². The molecule has 0 amide bonds. The predicted molar refractivity (Wildman–Crippen MR) is 90.6 cm³/mol. The van der Waals surface area contributed by atoms with Gasteiger partial charge in [0.25, 0.3) is 0 Å². The Balaban J connectivity index is 2.18. The van der Waals surface area contributed by atoms with Crippen LogP contribution in [0, 0.1) is 6.92 Å². The molecule has 20 heavy (non-hydrogen) atoms. The molecule has 0 bridgehead atoms. The minimum atomic E-state index is 0.477. The molecule has 0 saturated carbocycles. The van der Waals surface area contributed by atoms with E-state index in [1.54, 1.807) is 0 Å². The van der Waals surface area contributed by atoms with Gasteiger partial charge in [-0.3, -0.25) is 4.90 Å². The third-order valence-electron chi connectivity index (χ3n) is 4.22. The number of benzene rings is 1. The number of aryl methyl sites for hydroxylation is 1. The van der Waals surface area contributed by atoms with E-state index in [4.69, 9.17) is 18.0 Å². The molecule has 1 atom stereocenters. The molecule has 1 aliphatic heterocycles. The Morgan fingerprint density at radius 2 is 2.25 bits per heavy atom. The summed E-state index contributed by atoms with van der Waals surface area (Å²) in [6, 6.07) is 6.93. The smallest absolute Gasteiger partial charge is 0.106 e. The first-order valence-electron chi connectivity index (χ1n) is 7.38. The number of anilines is 1. The number of likely N-dealkylation sites (tertiary alicyclic amines) is 1. The van der Waals surface area contributed by atoms with E-state index in [0.717, 1.165) is 24.3 Å². The van der Waals surface area contributed by atoms with Crippen molar-refractivity contribution >= 4 is 22.9 Å². The number of hydrogen-bond acceptors (Lipinski definition) is 3. The fraction of sp³-hybridized carbons (Fsp3) is 0.562. The second kappa shape index (κ2) is 6.55. The number of nitrogens with two attached hydrogens (primary N) is 1. The third-order valence-corrected chi connectivity index (χ3v) is 4.44. The Morgan fingerprint density at radius 3 is 2.90 bits per heavy atom. The Bertz CT molecular complexity index is 487. The lowest BCUT2D eigenvalue weighted by Gasteiger charge is -2.30. The predicted octanol–water partition coefficient (Wildman–Crippen LogP) is 2.55. The van der Waals surface area contributed by atoms with E-state index < -0.39 is 0 Å². The molecule has 0 spiro atoms. The van der Waals surface area contributed by atoms with Crippen molar-refractivity contribution < 1.29 is 0 Å². The van der Waals surface area contributed by atoms with Gasteiger partial charge in [0.2, 0.25) is 0 Å². The molecule has 1 aromatic rings. The molecule has 2 rings (SSSR count). The fourth-order valence-corrected chi connectivity index (χ4v) is 3.27. The summed E-state index contributed by atoms with van der Waals surface area (Å²) < 4.78 is 0. The van der Waals surface area contributed by atoms with Gasteiger partial charge in [-0.15, -0.1) is 0 Å². The maximum Gasteiger partial charge on any atom is 0.106 e. The SMILES string of the molecule is CCN1CCCC1CN(C)c1cc(C)ccc1C(N)=S. The normalized spacial score (nSPS) is 19.2. The van der Waals surface area contributed by atoms with Gasteiger partial charge >= 0.3 is 0 Å². The van der Waals surface area contributed by atoms with Crippen molar-refractivity contribution in [1.29, 1.82) is 0 Å². The van der Waals surface area contributed by atoms with Gasteiger partial charge in [0.1, 0.15) is 4.99 Å². The zero-order valence-corrected chi connectivity index (χ0v) is 13.5. The summed E-state index contributed by atoms with van der Waals surface area (Å²) >= 11 is 5.18. The molecule has 1 aromatic carbocycles. The fourth-order valence-electron chi connectivity index (χ4n) is 3.10. The van der Waals surface area contributed by atoms with Crippen LogP contribution in [0.15, 0.2) is 18.2 Å². The molecule has 110 valence electrons. The lowest BCUT2D eigenvalue weighted by Crippen LogP contribution is -2.39. The lowest BCUT2D eigenvalue weighted by atomic mass is 10.1. The van der Waals surface area contributed by atoms with E-state index in [0.29, 0.717) is 11.0 Å². The van der Waals surface area contributed by atoms with Crippen LogP contribution in [-0.4, -0.2) is 42.6 Å². The molecular weight excluding hydrogens is 266 g/mol. The summed E-state index contributed by atoms with van der Waals surface area (Å²) in [5.74, 6) is 0. The van der Waals surface area contributed by atoms with E-state index >= 15 is 0 Å². The van der Waals surface area contributed by atoms with Gasteiger partial charge in [-0.25, -0.2) is 0 Å². The van der Waals surface area contributed by atoms with Gasteiger partial charge in [0.05, 0.1) is 0 Å². The summed E-state index contributed by atoms with van der Waals surface area (Å²) in [6.07, 6.45) is 2.59. The standard InChI is InChI=1S/C16H25N3S/c1-4-19-9-5-6-13(19)11-18(3)15-10-12(2)7-8-14(15)16(17)20/h7-8,10,13H,4-6,9,11H2,1-3H3,(H2,17,20). The Kier molecular flexibility index (Phi) is 5.00. The van der Waals surface area contributed by atoms with Crippen LogP contribution < -0.4 is 10.6 Å². The Hall–Kier alpha value is -1.13. The molecule has 1 fully saturated rings. The van der Waals surface area contributed by atoms with Crippen LogP contribution in [0.1, 0.15) is 30.9 Å². The number of rotatable bonds is 5. The van der Waals surface area contributed by atoms with Crippen molar-refractivity contribution in [2.75, 3.05) is 31.6 Å². The quantitative estimate of drug-likeness (QED) is 0.845. The van der Waals surface area contributed by atoms with Crippen LogP contribution in [0.2, 0.25) is 0 Å². The topological polar surface area (TPSA) is 32.5 Å². The first kappa shape index (κ1) is 15.3. The number of thiocarbonyl (C=S) groups is 1. The van der Waals surface area contributed by atoms with Gasteiger partial charge in [-0.2, -0.15) is 0 Å². The van der Waals surface area contributed by atoms with Gasteiger partial charge in [0, 0.05) is 30.9 Å². The largest absolute Gasteiger partial charge is 0.389 e. The molecule has 1 aliphatic rings. The maximum atomic E-state index is 5.86. The van der Waals surface area contributed by atoms with Crippen LogP contribution in [-0.2, 0) is 0 Å². The number of nitrogens with zero attached hydrogens (tertiary/aromatic N) is 2. The molecule has 0 aromatic heterocycles. The number of likely N-dealkylation sites (N-methyl/N-ethyl adjacent to an activating group) is 2. The summed E-state index contributed by atoms with van der Waals surface area (Å²) in [7, 11) is 2.14. The highest BCUT2D eigenvalue weighted by Crippen LogP contribution is 2.24. The Morgan fingerprint density at radius 1 is 1.50 bits per heavy atom. The monoisotopic (exact) mass is 291 g/mol. The zero-order valence-electron chi connectivity index (χ0n) is 12.7. The second-order valence-corrected chi connectivity index (χ2v) is 6.13. The minimum absolute atomic E-state index is 0.477. The van der Waals surface area contributed by atoms with Crippen molar-refractivity contribution in [3.05, 3.63) is 29.3 Å². The highest BCUT2D eigenvalue weighted by Gasteiger charge is 2.24. The molecule has 4 heteroatoms. The summed E-state index contributed by atoms with van der Waals surface area (Å²) in [6.45, 7) is 7.74. The average Bonchev–Trinajstić information content (AvgIpc) is 2.85. The lowest BCUT2D eigenvalue weighted by molar-refractivity contribution is 0.270. The Labute approximate surface area is 127 Å². The molecule has 2 N–H and O–H groups in total. The van der Waals surface area contributed by atoms with Gasteiger partial charge in [-0.05, 0) is 50.6 Å². The molecule has 3 nitrogen and oxygen atoms in total. The van der Waals surface area contributed by atoms with E-state index in [9.17, 15) is 0 Å². The van der Waals surface area contributed by atoms with Gasteiger partial charge in [0.15, 0.2) is 0 Å². The van der Waals surface area contributed by atoms with Gasteiger partial charge < -0.3 is 10.6 Å². The molecule has 1 saturated heterocycles. The van der Waals surface area contributed by atoms with E-state index in [1.807, 2.05) is 6.07 Å². The van der Waals surface area contributed by atoms with Crippen molar-refractivity contribution in [3.63, 3.8) is 0 Å². The molecule has 1 heterocycles. The summed E-state index contributed by atoms with van der Waals surface area (Å²) in [4.78, 5) is 5.35. The van der Waals surface area contributed by atoms with E-state index in [2.05, 4.69) is 42.8 Å². The van der Waals surface area contributed by atoms with Crippen molar-refractivity contribution in [1.82, 2.24) is 4.90 Å². The molecular formula is C16H25N3S. The van der Waals surface area contributed by atoms with Crippen molar-refractivity contribution in [3.8, 4) is 0 Å². The van der Waals surface area contributed by atoms with E-state index in [1.165, 1.54) is 24.9 Å². The van der Waals surface area contributed by atoms with Gasteiger partial charge in [-0.1, -0.05) is 25.2 Å². The van der Waals surface area contributed by atoms with Crippen LogP contribution in [0.4, 0.5) is 5.69 Å². The first-order chi connectivity index (χ1) is 9.52. The average molecular weight is 291 g/mol. The van der Waals surface area contributed by atoms with Crippen molar-refractivity contribution in [2.45, 2.75) is 32.7 Å². The van der Waals surface area contributed by atoms with Crippen LogP contribution in [0.5, 0.6) is 0 Å². The molecule has 0 radical (unpaired) electrons. The summed E-state index contributed by atoms with van der Waals surface area (Å²) in [5.41, 5.74) is 9.23. The van der Waals surface area contributed by atoms with Crippen LogP contribution in [0.25, 0.3) is 0 Å². The summed E-state index contributed by atoms with van der Waals surface area (Å²) in [5, 5.41) is 0. The maximum absolute atomic E-state index is 5.86. The molecule has 1 unspecified atom stereocenters. The highest BCUT2D eigenvalue weighted by atomic mass is 32.1. The van der Waals surface area contributed by atoms with Crippen molar-refractivity contribution in [2.24, 2.45) is 5.73 Å². The first-order valence-corrected chi connectivity index (χ1v) is 7.79. The zero-order chi connectivity index (χ0) is 14.7. The molecule has 0 aliphatic carbocycles. The number of hydrogen-bond donors (Lipinski definition) is 1.